The number of piperidine rings is 1. The van der Waals surface area contributed by atoms with Gasteiger partial charge in [0.15, 0.2) is 5.11 Å². The lowest BCUT2D eigenvalue weighted by Crippen LogP contribution is -2.35. The molecule has 0 bridgehead atoms. The summed E-state index contributed by atoms with van der Waals surface area (Å²) in [6.07, 6.45) is 3.96. The Hall–Kier alpha value is -1.98. The van der Waals surface area contributed by atoms with Crippen molar-refractivity contribution in [2.75, 3.05) is 13.1 Å². The molecule has 0 aromatic heterocycles. The van der Waals surface area contributed by atoms with Crippen LogP contribution in [0.3, 0.4) is 0 Å². The Morgan fingerprint density at radius 2 is 1.54 bits per heavy atom. The van der Waals surface area contributed by atoms with Crippen LogP contribution in [0, 0.1) is 5.82 Å². The van der Waals surface area contributed by atoms with Crippen LogP contribution >= 0.6 is 12.2 Å². The van der Waals surface area contributed by atoms with Gasteiger partial charge in [0.05, 0.1) is 0 Å². The molecular weight excluding hydrogens is 345 g/mol. The molecule has 2 aromatic rings. The summed E-state index contributed by atoms with van der Waals surface area (Å²) in [7, 11) is 0. The third-order valence-corrected chi connectivity index (χ3v) is 5.06. The lowest BCUT2D eigenvalue weighted by molar-refractivity contribution is 0.220. The molecule has 0 atom stereocenters. The van der Waals surface area contributed by atoms with E-state index in [0.717, 1.165) is 12.1 Å². The Bertz CT molecular complexity index is 711. The molecule has 0 unspecified atom stereocenters. The maximum Gasteiger partial charge on any atom is 0.166 e. The molecule has 26 heavy (non-hydrogen) atoms. The van der Waals surface area contributed by atoms with Gasteiger partial charge in [0.25, 0.3) is 0 Å². The molecule has 138 valence electrons. The second-order valence-electron chi connectivity index (χ2n) is 6.77. The molecule has 0 aliphatic carbocycles. The summed E-state index contributed by atoms with van der Waals surface area (Å²) in [5, 5.41) is 7.08. The predicted octanol–water partition coefficient (Wildman–Crippen LogP) is 3.98. The quantitative estimate of drug-likeness (QED) is 0.751. The van der Waals surface area contributed by atoms with Crippen molar-refractivity contribution < 1.29 is 4.39 Å². The largest absolute Gasteiger partial charge is 0.359 e. The molecule has 3 nitrogen and oxygen atoms in total. The van der Waals surface area contributed by atoms with Crippen molar-refractivity contribution >= 4 is 17.3 Å². The van der Waals surface area contributed by atoms with Crippen LogP contribution in [0.2, 0.25) is 0 Å². The van der Waals surface area contributed by atoms with E-state index >= 15 is 0 Å². The minimum absolute atomic E-state index is 0.222. The summed E-state index contributed by atoms with van der Waals surface area (Å²) < 4.78 is 12.9. The number of halogens is 1. The number of rotatable bonds is 6. The number of hydrogen-bond donors (Lipinski definition) is 2. The van der Waals surface area contributed by atoms with E-state index < -0.39 is 0 Å². The van der Waals surface area contributed by atoms with Crippen molar-refractivity contribution in [2.45, 2.75) is 38.9 Å². The molecule has 0 amide bonds. The Morgan fingerprint density at radius 3 is 2.27 bits per heavy atom. The summed E-state index contributed by atoms with van der Waals surface area (Å²) in [5.41, 5.74) is 3.65. The average molecular weight is 372 g/mol. The van der Waals surface area contributed by atoms with Crippen molar-refractivity contribution in [1.29, 1.82) is 0 Å². The van der Waals surface area contributed by atoms with Crippen LogP contribution in [0.15, 0.2) is 48.5 Å². The first-order valence-corrected chi connectivity index (χ1v) is 9.67. The second kappa shape index (κ2) is 9.64. The number of likely N-dealkylation sites (tertiary alicyclic amines) is 1. The Morgan fingerprint density at radius 1 is 0.885 bits per heavy atom. The van der Waals surface area contributed by atoms with Crippen LogP contribution in [0.25, 0.3) is 0 Å². The van der Waals surface area contributed by atoms with Crippen molar-refractivity contribution in [3.05, 3.63) is 71.0 Å². The highest BCUT2D eigenvalue weighted by atomic mass is 32.1. The predicted molar refractivity (Wildman–Crippen MR) is 108 cm³/mol. The second-order valence-corrected chi connectivity index (χ2v) is 7.18. The van der Waals surface area contributed by atoms with Gasteiger partial charge in [-0.1, -0.05) is 42.8 Å². The van der Waals surface area contributed by atoms with Crippen molar-refractivity contribution in [2.24, 2.45) is 0 Å². The zero-order chi connectivity index (χ0) is 18.2. The molecule has 1 saturated heterocycles. The summed E-state index contributed by atoms with van der Waals surface area (Å²) in [6, 6.07) is 15.0. The Balaban J connectivity index is 1.49. The van der Waals surface area contributed by atoms with Crippen molar-refractivity contribution in [3.63, 3.8) is 0 Å². The first kappa shape index (κ1) is 18.8. The standard InChI is InChI=1S/C21H26FN3S/c22-20-10-8-17(9-11-20)14-23-21(26)24-15-18-6-2-3-7-19(18)16-25-12-4-1-5-13-25/h2-3,6-11H,1,4-5,12-16H2,(H2,23,24,26). The van der Waals surface area contributed by atoms with Gasteiger partial charge in [-0.15, -0.1) is 0 Å². The number of thiocarbonyl (C=S) groups is 1. The van der Waals surface area contributed by atoms with Crippen molar-refractivity contribution in [1.82, 2.24) is 15.5 Å². The molecule has 1 fully saturated rings. The highest BCUT2D eigenvalue weighted by Crippen LogP contribution is 2.16. The van der Waals surface area contributed by atoms with Gasteiger partial charge >= 0.3 is 0 Å². The first-order valence-electron chi connectivity index (χ1n) is 9.26. The highest BCUT2D eigenvalue weighted by Gasteiger charge is 2.12. The number of benzene rings is 2. The fourth-order valence-electron chi connectivity index (χ4n) is 3.27. The van der Waals surface area contributed by atoms with Gasteiger partial charge in [-0.05, 0) is 67.0 Å². The third-order valence-electron chi connectivity index (χ3n) is 4.77. The molecule has 1 aliphatic heterocycles. The van der Waals surface area contributed by atoms with Gasteiger partial charge in [-0.2, -0.15) is 0 Å². The van der Waals surface area contributed by atoms with Gasteiger partial charge in [0.2, 0.25) is 0 Å². The lowest BCUT2D eigenvalue weighted by Gasteiger charge is -2.27. The van der Waals surface area contributed by atoms with Crippen LogP contribution in [0.5, 0.6) is 0 Å². The highest BCUT2D eigenvalue weighted by molar-refractivity contribution is 7.80. The van der Waals surface area contributed by atoms with Gasteiger partial charge in [0.1, 0.15) is 5.82 Å². The van der Waals surface area contributed by atoms with E-state index in [1.807, 2.05) is 0 Å². The fraction of sp³-hybridized carbons (Fsp3) is 0.381. The molecule has 3 rings (SSSR count). The summed E-state index contributed by atoms with van der Waals surface area (Å²) in [5.74, 6) is -0.222. The molecule has 2 aromatic carbocycles. The van der Waals surface area contributed by atoms with Crippen LogP contribution < -0.4 is 10.6 Å². The monoisotopic (exact) mass is 371 g/mol. The van der Waals surface area contributed by atoms with Gasteiger partial charge in [-0.25, -0.2) is 4.39 Å². The number of hydrogen-bond acceptors (Lipinski definition) is 2. The first-order chi connectivity index (χ1) is 12.7. The smallest absolute Gasteiger partial charge is 0.166 e. The zero-order valence-corrected chi connectivity index (χ0v) is 15.8. The van der Waals surface area contributed by atoms with E-state index in [0.29, 0.717) is 18.2 Å². The van der Waals surface area contributed by atoms with Gasteiger partial charge < -0.3 is 10.6 Å². The van der Waals surface area contributed by atoms with Gasteiger partial charge in [-0.3, -0.25) is 4.90 Å². The summed E-state index contributed by atoms with van der Waals surface area (Å²) in [6.45, 7) is 4.69. The molecular formula is C21H26FN3S. The molecule has 1 heterocycles. The maximum atomic E-state index is 12.9. The Labute approximate surface area is 160 Å². The van der Waals surface area contributed by atoms with Crippen molar-refractivity contribution in [3.8, 4) is 0 Å². The van der Waals surface area contributed by atoms with Crippen LogP contribution in [-0.2, 0) is 19.6 Å². The van der Waals surface area contributed by atoms with Crippen LogP contribution in [0.4, 0.5) is 4.39 Å². The topological polar surface area (TPSA) is 27.3 Å². The van der Waals surface area contributed by atoms with E-state index in [1.165, 1.54) is 55.6 Å². The summed E-state index contributed by atoms with van der Waals surface area (Å²) in [4.78, 5) is 2.54. The molecule has 0 radical (unpaired) electrons. The fourth-order valence-corrected chi connectivity index (χ4v) is 3.41. The molecule has 1 aliphatic rings. The van der Waals surface area contributed by atoms with E-state index in [9.17, 15) is 4.39 Å². The lowest BCUT2D eigenvalue weighted by atomic mass is 10.0. The summed E-state index contributed by atoms with van der Waals surface area (Å²) >= 11 is 5.38. The third kappa shape index (κ3) is 5.78. The molecule has 0 spiro atoms. The van der Waals surface area contributed by atoms with Crippen LogP contribution in [0.1, 0.15) is 36.0 Å². The number of nitrogens with zero attached hydrogens (tertiary/aromatic N) is 1. The van der Waals surface area contributed by atoms with E-state index in [4.69, 9.17) is 12.2 Å². The number of nitrogens with one attached hydrogen (secondary N) is 2. The van der Waals surface area contributed by atoms with E-state index in [2.05, 4.69) is 39.8 Å². The molecule has 0 saturated carbocycles. The zero-order valence-electron chi connectivity index (χ0n) is 15.0. The minimum Gasteiger partial charge on any atom is -0.359 e. The maximum absolute atomic E-state index is 12.9. The molecule has 5 heteroatoms. The van der Waals surface area contributed by atoms with Crippen LogP contribution in [-0.4, -0.2) is 23.1 Å². The van der Waals surface area contributed by atoms with E-state index in [1.54, 1.807) is 12.1 Å². The Kier molecular flexibility index (Phi) is 6.97. The SMILES string of the molecule is Fc1ccc(CNC(=S)NCc2ccccc2CN2CCCCC2)cc1. The van der Waals surface area contributed by atoms with E-state index in [-0.39, 0.29) is 5.82 Å². The van der Waals surface area contributed by atoms with Gasteiger partial charge in [0, 0.05) is 19.6 Å². The molecule has 2 N–H and O–H groups in total. The average Bonchev–Trinajstić information content (AvgIpc) is 2.68. The normalized spacial score (nSPS) is 14.8. The minimum atomic E-state index is -0.222.